The summed E-state index contributed by atoms with van der Waals surface area (Å²) in [5, 5.41) is 5.08. The molecule has 0 aliphatic rings. The molecule has 0 heterocycles. The van der Waals surface area contributed by atoms with Crippen molar-refractivity contribution in [3.05, 3.63) is 65.2 Å². The summed E-state index contributed by atoms with van der Waals surface area (Å²) in [5.74, 6) is -2.70. The normalized spacial score (nSPS) is 11.1. The average molecular weight is 430 g/mol. The van der Waals surface area contributed by atoms with Crippen molar-refractivity contribution < 1.29 is 36.3 Å². The van der Waals surface area contributed by atoms with E-state index in [9.17, 15) is 31.5 Å². The van der Waals surface area contributed by atoms with Crippen molar-refractivity contribution >= 4 is 11.8 Å². The predicted octanol–water partition coefficient (Wildman–Crippen LogP) is 3.73. The van der Waals surface area contributed by atoms with Crippen molar-refractivity contribution in [3.63, 3.8) is 0 Å². The number of halogens is 5. The summed E-state index contributed by atoms with van der Waals surface area (Å²) < 4.78 is 67.2. The Kier molecular flexibility index (Phi) is 8.14. The van der Waals surface area contributed by atoms with Crippen LogP contribution in [0.1, 0.15) is 28.8 Å². The lowest BCUT2D eigenvalue weighted by atomic mass is 10.2. The van der Waals surface area contributed by atoms with Gasteiger partial charge in [-0.15, -0.1) is 0 Å². The monoisotopic (exact) mass is 430 g/mol. The molecule has 0 aliphatic carbocycles. The van der Waals surface area contributed by atoms with Gasteiger partial charge in [0.2, 0.25) is 5.91 Å². The van der Waals surface area contributed by atoms with Gasteiger partial charge in [0, 0.05) is 25.6 Å². The van der Waals surface area contributed by atoms with Gasteiger partial charge < -0.3 is 15.4 Å². The van der Waals surface area contributed by atoms with Crippen LogP contribution in [-0.4, -0.2) is 31.1 Å². The molecule has 2 aromatic carbocycles. The van der Waals surface area contributed by atoms with E-state index in [-0.39, 0.29) is 36.7 Å². The number of hydrogen-bond acceptors (Lipinski definition) is 3. The first-order chi connectivity index (χ1) is 14.1. The molecule has 0 saturated carbocycles. The number of amides is 2. The first kappa shape index (κ1) is 23.1. The summed E-state index contributed by atoms with van der Waals surface area (Å²) >= 11 is 0. The van der Waals surface area contributed by atoms with Crippen LogP contribution in [0.5, 0.6) is 5.75 Å². The predicted molar refractivity (Wildman–Crippen MR) is 97.8 cm³/mol. The van der Waals surface area contributed by atoms with E-state index in [1.54, 1.807) is 0 Å². The largest absolute Gasteiger partial charge is 0.484 e. The van der Waals surface area contributed by atoms with Gasteiger partial charge in [-0.3, -0.25) is 9.59 Å². The molecule has 0 fully saturated rings. The first-order valence-electron chi connectivity index (χ1n) is 8.92. The van der Waals surface area contributed by atoms with Crippen molar-refractivity contribution in [2.24, 2.45) is 0 Å². The van der Waals surface area contributed by atoms with E-state index in [1.165, 1.54) is 24.3 Å². The van der Waals surface area contributed by atoms with Gasteiger partial charge in [-0.05, 0) is 36.2 Å². The Morgan fingerprint density at radius 3 is 2.30 bits per heavy atom. The van der Waals surface area contributed by atoms with Crippen molar-refractivity contribution in [2.75, 3.05) is 13.2 Å². The van der Waals surface area contributed by atoms with Gasteiger partial charge in [0.05, 0.1) is 5.56 Å². The van der Waals surface area contributed by atoms with Crippen molar-refractivity contribution in [1.82, 2.24) is 10.6 Å². The summed E-state index contributed by atoms with van der Waals surface area (Å²) in [4.78, 5) is 23.6. The van der Waals surface area contributed by atoms with E-state index in [1.807, 2.05) is 0 Å². The zero-order valence-electron chi connectivity index (χ0n) is 15.7. The van der Waals surface area contributed by atoms with Crippen LogP contribution < -0.4 is 15.4 Å². The van der Waals surface area contributed by atoms with Gasteiger partial charge in [-0.1, -0.05) is 12.1 Å². The molecule has 5 nitrogen and oxygen atoms in total. The number of rotatable bonds is 9. The first-order valence-corrected chi connectivity index (χ1v) is 8.92. The highest BCUT2D eigenvalue weighted by Crippen LogP contribution is 2.18. The van der Waals surface area contributed by atoms with Crippen LogP contribution in [0.3, 0.4) is 0 Å². The fourth-order valence-electron chi connectivity index (χ4n) is 2.38. The summed E-state index contributed by atoms with van der Waals surface area (Å²) in [5.41, 5.74) is 0.381. The van der Waals surface area contributed by atoms with E-state index in [0.717, 1.165) is 12.1 Å². The standard InChI is InChI=1S/C20H19F5N2O3/c21-14-5-8-16(17(22)10-14)19(29)26-9-1-2-18(28)27-11-13-3-6-15(7-4-13)30-12-20(23,24)25/h3-8,10H,1-2,9,11-12H2,(H,26,29)(H,27,28). The molecule has 0 spiro atoms. The number of benzene rings is 2. The van der Waals surface area contributed by atoms with Gasteiger partial charge in [-0.2, -0.15) is 13.2 Å². The van der Waals surface area contributed by atoms with E-state index in [4.69, 9.17) is 0 Å². The number of hydrogen-bond donors (Lipinski definition) is 2. The quantitative estimate of drug-likeness (QED) is 0.471. The third-order valence-electron chi connectivity index (χ3n) is 3.86. The second-order valence-electron chi connectivity index (χ2n) is 6.31. The minimum absolute atomic E-state index is 0.0655. The molecule has 10 heteroatoms. The lowest BCUT2D eigenvalue weighted by Gasteiger charge is -2.10. The lowest BCUT2D eigenvalue weighted by Crippen LogP contribution is -2.28. The fraction of sp³-hybridized carbons (Fsp3) is 0.300. The molecule has 0 aromatic heterocycles. The average Bonchev–Trinajstić information content (AvgIpc) is 2.68. The number of nitrogens with one attached hydrogen (secondary N) is 2. The Bertz CT molecular complexity index is 870. The summed E-state index contributed by atoms with van der Waals surface area (Å²) in [7, 11) is 0. The van der Waals surface area contributed by atoms with Crippen molar-refractivity contribution in [1.29, 1.82) is 0 Å². The minimum atomic E-state index is -4.42. The second-order valence-corrected chi connectivity index (χ2v) is 6.31. The van der Waals surface area contributed by atoms with Crippen LogP contribution in [0.15, 0.2) is 42.5 Å². The van der Waals surface area contributed by atoms with Crippen molar-refractivity contribution in [2.45, 2.75) is 25.6 Å². The molecule has 2 rings (SSSR count). The van der Waals surface area contributed by atoms with E-state index >= 15 is 0 Å². The molecule has 2 N–H and O–H groups in total. The maximum Gasteiger partial charge on any atom is 0.422 e. The Morgan fingerprint density at radius 1 is 0.967 bits per heavy atom. The lowest BCUT2D eigenvalue weighted by molar-refractivity contribution is -0.153. The highest BCUT2D eigenvalue weighted by Gasteiger charge is 2.28. The summed E-state index contributed by atoms with van der Waals surface area (Å²) in [6.45, 7) is -1.09. The highest BCUT2D eigenvalue weighted by molar-refractivity contribution is 5.94. The Hall–Kier alpha value is -3.17. The third kappa shape index (κ3) is 8.06. The third-order valence-corrected chi connectivity index (χ3v) is 3.86. The van der Waals surface area contributed by atoms with Gasteiger partial charge in [-0.25, -0.2) is 8.78 Å². The maximum absolute atomic E-state index is 13.5. The molecule has 2 amide bonds. The Balaban J connectivity index is 1.66. The smallest absolute Gasteiger partial charge is 0.422 e. The molecule has 162 valence electrons. The van der Waals surface area contributed by atoms with Crippen LogP contribution in [0.2, 0.25) is 0 Å². The molecule has 0 bridgehead atoms. The molecule has 2 aromatic rings. The highest BCUT2D eigenvalue weighted by atomic mass is 19.4. The zero-order valence-corrected chi connectivity index (χ0v) is 15.7. The zero-order chi connectivity index (χ0) is 22.1. The second kappa shape index (κ2) is 10.6. The van der Waals surface area contributed by atoms with Crippen molar-refractivity contribution in [3.8, 4) is 5.75 Å². The molecule has 0 atom stereocenters. The molecular formula is C20H19F5N2O3. The summed E-state index contributed by atoms with van der Waals surface area (Å²) in [6, 6.07) is 8.42. The molecular weight excluding hydrogens is 411 g/mol. The Labute approximate surface area is 169 Å². The van der Waals surface area contributed by atoms with Gasteiger partial charge in [0.1, 0.15) is 17.4 Å². The van der Waals surface area contributed by atoms with Crippen LogP contribution in [0.4, 0.5) is 22.0 Å². The fourth-order valence-corrected chi connectivity index (χ4v) is 2.38. The van der Waals surface area contributed by atoms with Crippen LogP contribution in [0.25, 0.3) is 0 Å². The van der Waals surface area contributed by atoms with Crippen LogP contribution in [0, 0.1) is 11.6 Å². The number of carbonyl (C=O) groups is 2. The topological polar surface area (TPSA) is 67.4 Å². The maximum atomic E-state index is 13.5. The SMILES string of the molecule is O=C(CCCNC(=O)c1ccc(F)cc1F)NCc1ccc(OCC(F)(F)F)cc1. The number of ether oxygens (including phenoxy) is 1. The van der Waals surface area contributed by atoms with E-state index < -0.39 is 30.3 Å². The number of alkyl halides is 3. The van der Waals surface area contributed by atoms with Crippen LogP contribution in [-0.2, 0) is 11.3 Å². The van der Waals surface area contributed by atoms with Crippen LogP contribution >= 0.6 is 0 Å². The van der Waals surface area contributed by atoms with Gasteiger partial charge >= 0.3 is 6.18 Å². The van der Waals surface area contributed by atoms with E-state index in [0.29, 0.717) is 18.1 Å². The molecule has 0 radical (unpaired) electrons. The van der Waals surface area contributed by atoms with Gasteiger partial charge in [0.25, 0.3) is 5.91 Å². The van der Waals surface area contributed by atoms with E-state index in [2.05, 4.69) is 15.4 Å². The minimum Gasteiger partial charge on any atom is -0.484 e. The molecule has 30 heavy (non-hydrogen) atoms. The summed E-state index contributed by atoms with van der Waals surface area (Å²) in [6.07, 6.45) is -4.02. The number of carbonyl (C=O) groups excluding carboxylic acids is 2. The molecule has 0 aliphatic heterocycles. The van der Waals surface area contributed by atoms with Gasteiger partial charge in [0.15, 0.2) is 6.61 Å². The molecule has 0 unspecified atom stereocenters. The Morgan fingerprint density at radius 2 is 1.67 bits per heavy atom. The molecule has 0 saturated heterocycles.